The van der Waals surface area contributed by atoms with Gasteiger partial charge in [-0.1, -0.05) is 12.1 Å². The van der Waals surface area contributed by atoms with Crippen LogP contribution in [0.1, 0.15) is 25.3 Å². The van der Waals surface area contributed by atoms with Gasteiger partial charge in [-0.25, -0.2) is 4.79 Å². The Hall–Kier alpha value is -3.71. The van der Waals surface area contributed by atoms with Crippen LogP contribution in [0, 0.1) is 0 Å². The fraction of sp³-hybridized carbons (Fsp3) is 0.450. The van der Waals surface area contributed by atoms with Crippen molar-refractivity contribution in [2.24, 2.45) is 11.5 Å². The molecule has 0 spiro atoms. The van der Waals surface area contributed by atoms with E-state index in [9.17, 15) is 34.2 Å². The monoisotopic (exact) mass is 467 g/mol. The Morgan fingerprint density at radius 2 is 1.52 bits per heavy atom. The fourth-order valence-corrected chi connectivity index (χ4v) is 2.66. The normalized spacial score (nSPS) is 14.3. The van der Waals surface area contributed by atoms with Crippen molar-refractivity contribution in [1.29, 1.82) is 0 Å². The van der Waals surface area contributed by atoms with Gasteiger partial charge in [-0.05, 0) is 31.0 Å². The molecular formula is C20H29N5O8. The molecular weight excluding hydrogens is 438 g/mol. The molecule has 4 unspecified atom stereocenters. The summed E-state index contributed by atoms with van der Waals surface area (Å²) in [7, 11) is 0. The number of benzene rings is 1. The zero-order valence-electron chi connectivity index (χ0n) is 18.0. The van der Waals surface area contributed by atoms with Crippen molar-refractivity contribution in [3.63, 3.8) is 0 Å². The summed E-state index contributed by atoms with van der Waals surface area (Å²) in [6.45, 7) is 0.652. The van der Waals surface area contributed by atoms with E-state index in [4.69, 9.17) is 16.6 Å². The summed E-state index contributed by atoms with van der Waals surface area (Å²) < 4.78 is 0. The number of aliphatic hydroxyl groups is 1. The van der Waals surface area contributed by atoms with E-state index in [0.717, 1.165) is 0 Å². The number of aliphatic carboxylic acids is 1. The van der Waals surface area contributed by atoms with E-state index < -0.39 is 60.4 Å². The Morgan fingerprint density at radius 3 is 2.03 bits per heavy atom. The molecule has 0 aliphatic heterocycles. The second-order valence-electron chi connectivity index (χ2n) is 7.36. The summed E-state index contributed by atoms with van der Waals surface area (Å²) in [6.07, 6.45) is -0.514. The average molecular weight is 467 g/mol. The lowest BCUT2D eigenvalue weighted by Crippen LogP contribution is -2.57. The molecule has 182 valence electrons. The van der Waals surface area contributed by atoms with Crippen molar-refractivity contribution >= 4 is 29.6 Å². The molecule has 1 rings (SSSR count). The van der Waals surface area contributed by atoms with Crippen LogP contribution in [0.2, 0.25) is 0 Å². The summed E-state index contributed by atoms with van der Waals surface area (Å²) in [5, 5.41) is 34.6. The van der Waals surface area contributed by atoms with Gasteiger partial charge < -0.3 is 42.7 Å². The minimum Gasteiger partial charge on any atom is -0.508 e. The molecule has 0 saturated carbocycles. The van der Waals surface area contributed by atoms with Gasteiger partial charge in [0.05, 0.1) is 6.61 Å². The molecule has 13 heteroatoms. The highest BCUT2D eigenvalue weighted by Crippen LogP contribution is 2.12. The van der Waals surface area contributed by atoms with Crippen LogP contribution in [-0.2, 0) is 30.4 Å². The second-order valence-corrected chi connectivity index (χ2v) is 7.36. The standard InChI is InChI=1S/C20H29N5O8/c1-10(17(29)24-14(20(32)33)6-7-16(22)28)23-19(31)15(25-18(30)13(21)9-26)8-11-2-4-12(27)5-3-11/h2-5,10,13-15,26-27H,6-9,21H2,1H3,(H2,22,28)(H,23,31)(H,24,29)(H,25,30)(H,32,33). The smallest absolute Gasteiger partial charge is 0.326 e. The number of carbonyl (C=O) groups is 5. The minimum atomic E-state index is -1.39. The third-order valence-corrected chi connectivity index (χ3v) is 4.59. The van der Waals surface area contributed by atoms with Crippen molar-refractivity contribution in [3.05, 3.63) is 29.8 Å². The Balaban J connectivity index is 2.88. The number of carboxylic acids is 1. The van der Waals surface area contributed by atoms with Gasteiger partial charge in [0, 0.05) is 12.8 Å². The number of aliphatic hydroxyl groups excluding tert-OH is 1. The number of phenolic OH excluding ortho intramolecular Hbond substituents is 1. The van der Waals surface area contributed by atoms with E-state index in [0.29, 0.717) is 5.56 Å². The number of primary amides is 1. The lowest BCUT2D eigenvalue weighted by Gasteiger charge is -2.23. The zero-order chi connectivity index (χ0) is 25.1. The molecule has 0 bridgehead atoms. The van der Waals surface area contributed by atoms with Crippen LogP contribution in [-0.4, -0.2) is 75.7 Å². The molecule has 0 saturated heterocycles. The van der Waals surface area contributed by atoms with Gasteiger partial charge in [0.1, 0.15) is 29.9 Å². The minimum absolute atomic E-state index is 0.000651. The number of hydrogen-bond acceptors (Lipinski definition) is 8. The van der Waals surface area contributed by atoms with Gasteiger partial charge in [0.2, 0.25) is 23.6 Å². The van der Waals surface area contributed by atoms with Gasteiger partial charge in [-0.2, -0.15) is 0 Å². The summed E-state index contributed by atoms with van der Waals surface area (Å²) in [5.74, 6) is -4.51. The number of phenols is 1. The van der Waals surface area contributed by atoms with E-state index in [1.807, 2.05) is 0 Å². The largest absolute Gasteiger partial charge is 0.508 e. The number of nitrogens with one attached hydrogen (secondary N) is 3. The molecule has 0 radical (unpaired) electrons. The number of aromatic hydroxyl groups is 1. The fourth-order valence-electron chi connectivity index (χ4n) is 2.66. The van der Waals surface area contributed by atoms with Crippen molar-refractivity contribution < 1.29 is 39.3 Å². The number of carboxylic acid groups (broad SMARTS) is 1. The van der Waals surface area contributed by atoms with Crippen LogP contribution in [0.3, 0.4) is 0 Å². The first-order valence-electron chi connectivity index (χ1n) is 10.0. The molecule has 13 nitrogen and oxygen atoms in total. The Labute approximate surface area is 189 Å². The maximum atomic E-state index is 12.8. The number of nitrogens with two attached hydrogens (primary N) is 2. The molecule has 4 amide bonds. The molecule has 0 fully saturated rings. The third-order valence-electron chi connectivity index (χ3n) is 4.59. The summed E-state index contributed by atoms with van der Waals surface area (Å²) >= 11 is 0. The van der Waals surface area contributed by atoms with E-state index in [2.05, 4.69) is 16.0 Å². The van der Waals surface area contributed by atoms with Crippen molar-refractivity contribution in [2.45, 2.75) is 50.4 Å². The molecule has 1 aromatic rings. The number of hydrogen-bond donors (Lipinski definition) is 8. The van der Waals surface area contributed by atoms with Crippen molar-refractivity contribution in [1.82, 2.24) is 16.0 Å². The molecule has 33 heavy (non-hydrogen) atoms. The summed E-state index contributed by atoms with van der Waals surface area (Å²) in [5.41, 5.74) is 11.0. The molecule has 0 aromatic heterocycles. The first-order chi connectivity index (χ1) is 15.4. The van der Waals surface area contributed by atoms with Crippen LogP contribution >= 0.6 is 0 Å². The highest BCUT2D eigenvalue weighted by molar-refractivity contribution is 5.94. The first kappa shape index (κ1) is 27.3. The van der Waals surface area contributed by atoms with Crippen molar-refractivity contribution in [2.75, 3.05) is 6.61 Å². The SMILES string of the molecule is CC(NC(=O)C(Cc1ccc(O)cc1)NC(=O)C(N)CO)C(=O)NC(CCC(N)=O)C(=O)O. The van der Waals surface area contributed by atoms with E-state index in [1.54, 1.807) is 0 Å². The number of carbonyl (C=O) groups excluding carboxylic acids is 4. The molecule has 4 atom stereocenters. The molecule has 0 aliphatic rings. The second kappa shape index (κ2) is 13.0. The van der Waals surface area contributed by atoms with Gasteiger partial charge in [0.25, 0.3) is 0 Å². The molecule has 0 heterocycles. The van der Waals surface area contributed by atoms with E-state index >= 15 is 0 Å². The lowest BCUT2D eigenvalue weighted by atomic mass is 10.0. The van der Waals surface area contributed by atoms with Gasteiger partial charge in [0.15, 0.2) is 0 Å². The predicted molar refractivity (Wildman–Crippen MR) is 114 cm³/mol. The molecule has 1 aromatic carbocycles. The quantitative estimate of drug-likeness (QED) is 0.148. The maximum absolute atomic E-state index is 12.8. The Kier molecular flexibility index (Phi) is 10.7. The van der Waals surface area contributed by atoms with Gasteiger partial charge in [-0.15, -0.1) is 0 Å². The van der Waals surface area contributed by atoms with E-state index in [-0.39, 0.29) is 25.0 Å². The first-order valence-corrected chi connectivity index (χ1v) is 10.0. The van der Waals surface area contributed by atoms with Crippen LogP contribution in [0.25, 0.3) is 0 Å². The van der Waals surface area contributed by atoms with Crippen LogP contribution < -0.4 is 27.4 Å². The van der Waals surface area contributed by atoms with Gasteiger partial charge >= 0.3 is 5.97 Å². The Bertz CT molecular complexity index is 861. The Morgan fingerprint density at radius 1 is 0.939 bits per heavy atom. The van der Waals surface area contributed by atoms with E-state index in [1.165, 1.54) is 31.2 Å². The van der Waals surface area contributed by atoms with Crippen LogP contribution in [0.5, 0.6) is 5.75 Å². The molecule has 0 aliphatic carbocycles. The van der Waals surface area contributed by atoms with Gasteiger partial charge in [-0.3, -0.25) is 19.2 Å². The number of amides is 4. The predicted octanol–water partition coefficient (Wildman–Crippen LogP) is -2.92. The average Bonchev–Trinajstić information content (AvgIpc) is 2.76. The summed E-state index contributed by atoms with van der Waals surface area (Å²) in [6, 6.07) is 0.778. The van der Waals surface area contributed by atoms with Crippen molar-refractivity contribution in [3.8, 4) is 5.75 Å². The third kappa shape index (κ3) is 9.53. The highest BCUT2D eigenvalue weighted by Gasteiger charge is 2.28. The topological polar surface area (TPSA) is 234 Å². The highest BCUT2D eigenvalue weighted by atomic mass is 16.4. The summed E-state index contributed by atoms with van der Waals surface area (Å²) in [4.78, 5) is 59.4. The van der Waals surface area contributed by atoms with Crippen LogP contribution in [0.4, 0.5) is 0 Å². The number of rotatable bonds is 13. The van der Waals surface area contributed by atoms with Crippen LogP contribution in [0.15, 0.2) is 24.3 Å². The lowest BCUT2D eigenvalue weighted by molar-refractivity contribution is -0.142. The molecule has 10 N–H and O–H groups in total. The zero-order valence-corrected chi connectivity index (χ0v) is 18.0. The maximum Gasteiger partial charge on any atom is 0.326 e.